The lowest BCUT2D eigenvalue weighted by Gasteiger charge is -2.23. The van der Waals surface area contributed by atoms with E-state index in [1.807, 2.05) is 63.2 Å². The van der Waals surface area contributed by atoms with E-state index in [0.717, 1.165) is 39.1 Å². The molecule has 0 saturated carbocycles. The van der Waals surface area contributed by atoms with Crippen LogP contribution in [-0.4, -0.2) is 34.5 Å². The van der Waals surface area contributed by atoms with E-state index in [9.17, 15) is 14.7 Å². The number of anilines is 1. The fraction of sp³-hybridized carbons (Fsp3) is 0.324. The van der Waals surface area contributed by atoms with E-state index in [-0.39, 0.29) is 17.4 Å². The number of benzene rings is 3. The van der Waals surface area contributed by atoms with Crippen LogP contribution in [0.1, 0.15) is 61.1 Å². The molecule has 3 aromatic carbocycles. The zero-order chi connectivity index (χ0) is 29.7. The Morgan fingerprint density at radius 2 is 1.95 bits per heavy atom. The third kappa shape index (κ3) is 5.04. The number of ketones is 1. The Labute approximate surface area is 249 Å². The van der Waals surface area contributed by atoms with Gasteiger partial charge >= 0.3 is 5.91 Å². The molecule has 7 nitrogen and oxygen atoms in total. The maximum absolute atomic E-state index is 13.8. The van der Waals surface area contributed by atoms with E-state index in [4.69, 9.17) is 14.5 Å². The first-order valence-corrected chi connectivity index (χ1v) is 15.1. The summed E-state index contributed by atoms with van der Waals surface area (Å²) in [6.45, 7) is 10.8. The fourth-order valence-electron chi connectivity index (χ4n) is 5.72. The van der Waals surface area contributed by atoms with Gasteiger partial charge in [0, 0.05) is 12.0 Å². The van der Waals surface area contributed by atoms with E-state index in [1.165, 1.54) is 16.2 Å². The Morgan fingerprint density at radius 3 is 2.74 bits per heavy atom. The molecule has 0 spiro atoms. The zero-order valence-corrected chi connectivity index (χ0v) is 25.2. The highest BCUT2D eigenvalue weighted by Gasteiger charge is 2.48. The van der Waals surface area contributed by atoms with Crippen molar-refractivity contribution in [2.75, 3.05) is 11.5 Å². The number of carbonyl (C=O) groups excluding carboxylic acids is 2. The molecule has 42 heavy (non-hydrogen) atoms. The number of rotatable bonds is 7. The molecule has 1 fully saturated rings. The highest BCUT2D eigenvalue weighted by Crippen LogP contribution is 2.45. The lowest BCUT2D eigenvalue weighted by atomic mass is 9.94. The van der Waals surface area contributed by atoms with Crippen LogP contribution < -0.4 is 14.4 Å². The van der Waals surface area contributed by atoms with E-state index in [0.29, 0.717) is 41.0 Å². The van der Waals surface area contributed by atoms with E-state index < -0.39 is 17.7 Å². The van der Waals surface area contributed by atoms with Gasteiger partial charge in [0.15, 0.2) is 5.13 Å². The average molecular weight is 583 g/mol. The monoisotopic (exact) mass is 582 g/mol. The Kier molecular flexibility index (Phi) is 7.27. The van der Waals surface area contributed by atoms with Gasteiger partial charge in [0.1, 0.15) is 23.4 Å². The number of nitrogens with zero attached hydrogens (tertiary/aromatic N) is 2. The molecule has 0 bridgehead atoms. The van der Waals surface area contributed by atoms with Gasteiger partial charge in [0.05, 0.1) is 28.4 Å². The Balaban J connectivity index is 1.50. The van der Waals surface area contributed by atoms with E-state index >= 15 is 0 Å². The summed E-state index contributed by atoms with van der Waals surface area (Å²) in [5.74, 6) is 0.204. The number of aliphatic hydroxyl groups is 1. The predicted molar refractivity (Wildman–Crippen MR) is 166 cm³/mol. The quantitative estimate of drug-likeness (QED) is 0.140. The molecule has 8 heteroatoms. The van der Waals surface area contributed by atoms with Gasteiger partial charge in [-0.25, -0.2) is 4.98 Å². The van der Waals surface area contributed by atoms with Gasteiger partial charge in [-0.15, -0.1) is 0 Å². The van der Waals surface area contributed by atoms with Crippen molar-refractivity contribution >= 4 is 44.1 Å². The molecule has 0 aliphatic carbocycles. The summed E-state index contributed by atoms with van der Waals surface area (Å²) >= 11 is 1.36. The van der Waals surface area contributed by atoms with Crippen molar-refractivity contribution in [3.8, 4) is 11.5 Å². The van der Waals surface area contributed by atoms with Crippen LogP contribution in [0, 0.1) is 19.8 Å². The summed E-state index contributed by atoms with van der Waals surface area (Å²) in [6.07, 6.45) is 1.63. The Morgan fingerprint density at radius 1 is 1.14 bits per heavy atom. The summed E-state index contributed by atoms with van der Waals surface area (Å²) in [5, 5.41) is 12.1. The minimum absolute atomic E-state index is 0.0263. The summed E-state index contributed by atoms with van der Waals surface area (Å²) in [5.41, 5.74) is 4.98. The van der Waals surface area contributed by atoms with Gasteiger partial charge in [0.25, 0.3) is 5.78 Å². The van der Waals surface area contributed by atoms with Crippen molar-refractivity contribution in [3.63, 3.8) is 0 Å². The Bertz CT molecular complexity index is 1750. The summed E-state index contributed by atoms with van der Waals surface area (Å²) in [7, 11) is 0. The smallest absolute Gasteiger partial charge is 0.301 e. The van der Waals surface area contributed by atoms with Crippen molar-refractivity contribution in [1.29, 1.82) is 0 Å². The number of carbonyl (C=O) groups is 2. The minimum Gasteiger partial charge on any atom is -0.507 e. The fourth-order valence-corrected chi connectivity index (χ4v) is 6.89. The van der Waals surface area contributed by atoms with Gasteiger partial charge in [-0.05, 0) is 91.8 Å². The number of ether oxygens (including phenoxy) is 2. The molecule has 6 rings (SSSR count). The van der Waals surface area contributed by atoms with Crippen molar-refractivity contribution in [2.24, 2.45) is 5.92 Å². The first-order valence-electron chi connectivity index (χ1n) is 14.3. The summed E-state index contributed by atoms with van der Waals surface area (Å²) in [6, 6.07) is 16.0. The Hall–Kier alpha value is -4.17. The molecule has 4 aromatic rings. The van der Waals surface area contributed by atoms with Gasteiger partial charge < -0.3 is 14.6 Å². The van der Waals surface area contributed by atoms with Crippen LogP contribution in [0.2, 0.25) is 0 Å². The largest absolute Gasteiger partial charge is 0.507 e. The van der Waals surface area contributed by atoms with Crippen LogP contribution in [-0.2, 0) is 16.0 Å². The maximum Gasteiger partial charge on any atom is 0.301 e. The van der Waals surface area contributed by atoms with Crippen molar-refractivity contribution in [2.45, 2.75) is 59.6 Å². The number of aromatic nitrogens is 1. The molecule has 2 unspecified atom stereocenters. The second-order valence-corrected chi connectivity index (χ2v) is 12.7. The molecular formula is C34H34N2O5S. The lowest BCUT2D eigenvalue weighted by molar-refractivity contribution is -0.132. The van der Waals surface area contributed by atoms with Crippen molar-refractivity contribution in [1.82, 2.24) is 4.98 Å². The van der Waals surface area contributed by atoms with E-state index in [2.05, 4.69) is 13.8 Å². The predicted octanol–water partition coefficient (Wildman–Crippen LogP) is 7.29. The highest BCUT2D eigenvalue weighted by molar-refractivity contribution is 7.22. The molecule has 1 saturated heterocycles. The average Bonchev–Trinajstić information content (AvgIpc) is 3.61. The standard InChI is InChI=1S/C34H34N2O5S/c1-18(2)11-12-40-25-8-6-7-22(17-25)30-28(31(37)23-9-10-26-24(16-23)15-21(5)41-26)32(38)33(39)36(30)34-35-29-20(4)13-19(3)14-27(29)42-34/h6-10,13-14,16-18,21,30,37H,11-12,15H2,1-5H3/b31-28-. The maximum atomic E-state index is 13.8. The zero-order valence-electron chi connectivity index (χ0n) is 24.4. The molecule has 1 amide bonds. The van der Waals surface area contributed by atoms with Gasteiger partial charge in [-0.3, -0.25) is 14.5 Å². The van der Waals surface area contributed by atoms with Gasteiger partial charge in [-0.2, -0.15) is 0 Å². The SMILES string of the molecule is Cc1cc(C)c2nc(N3C(=O)C(=O)/C(=C(\O)c4ccc5c(c4)CC(C)O5)C3c3cccc(OCCC(C)C)c3)sc2c1. The normalized spacial score (nSPS) is 19.5. The second-order valence-electron chi connectivity index (χ2n) is 11.7. The number of thiazole rings is 1. The molecule has 1 aromatic heterocycles. The summed E-state index contributed by atoms with van der Waals surface area (Å²) in [4.78, 5) is 33.8. The molecule has 3 heterocycles. The lowest BCUT2D eigenvalue weighted by Crippen LogP contribution is -2.29. The number of aliphatic hydroxyl groups excluding tert-OH is 1. The van der Waals surface area contributed by atoms with Crippen LogP contribution in [0.25, 0.3) is 16.0 Å². The van der Waals surface area contributed by atoms with Gasteiger partial charge in [-0.1, -0.05) is 43.4 Å². The molecule has 0 radical (unpaired) electrons. The first-order chi connectivity index (χ1) is 20.1. The number of hydrogen-bond acceptors (Lipinski definition) is 7. The van der Waals surface area contributed by atoms with Crippen molar-refractivity contribution < 1.29 is 24.2 Å². The van der Waals surface area contributed by atoms with Gasteiger partial charge in [0.2, 0.25) is 0 Å². The van der Waals surface area contributed by atoms with Crippen LogP contribution >= 0.6 is 11.3 Å². The van der Waals surface area contributed by atoms with Crippen LogP contribution in [0.15, 0.2) is 60.2 Å². The minimum atomic E-state index is -0.885. The van der Waals surface area contributed by atoms with Crippen LogP contribution in [0.5, 0.6) is 11.5 Å². The molecule has 1 N–H and O–H groups in total. The van der Waals surface area contributed by atoms with E-state index in [1.54, 1.807) is 12.1 Å². The number of aryl methyl sites for hydroxylation is 2. The van der Waals surface area contributed by atoms with Crippen molar-refractivity contribution in [3.05, 3.63) is 88.0 Å². The summed E-state index contributed by atoms with van der Waals surface area (Å²) < 4.78 is 12.8. The first kappa shape index (κ1) is 28.0. The number of Topliss-reactive ketones (excluding diaryl/α,β-unsaturated/α-hetero) is 1. The molecule has 216 valence electrons. The number of hydrogen-bond donors (Lipinski definition) is 1. The highest BCUT2D eigenvalue weighted by atomic mass is 32.1. The second kappa shape index (κ2) is 10.9. The molecule has 2 aliphatic rings. The molecule has 2 aliphatic heterocycles. The molecule has 2 atom stereocenters. The molecular weight excluding hydrogens is 548 g/mol. The topological polar surface area (TPSA) is 89.0 Å². The van der Waals surface area contributed by atoms with Crippen LogP contribution in [0.3, 0.4) is 0 Å². The number of amides is 1. The third-order valence-electron chi connectivity index (χ3n) is 7.78. The number of fused-ring (bicyclic) bond motifs is 2. The third-order valence-corrected chi connectivity index (χ3v) is 8.78. The van der Waals surface area contributed by atoms with Crippen LogP contribution in [0.4, 0.5) is 5.13 Å².